The monoisotopic (exact) mass is 267 g/mol. The van der Waals surface area contributed by atoms with Gasteiger partial charge in [0.25, 0.3) is 5.91 Å². The third-order valence-electron chi connectivity index (χ3n) is 5.26. The minimum Gasteiger partial charge on any atom is -0.393 e. The lowest BCUT2D eigenvalue weighted by Crippen LogP contribution is -2.51. The molecule has 2 heterocycles. The van der Waals surface area contributed by atoms with E-state index < -0.39 is 5.60 Å². The van der Waals surface area contributed by atoms with Crippen LogP contribution in [0.25, 0.3) is 0 Å². The number of aliphatic hydroxyl groups excluding tert-OH is 1. The standard InChI is InChI=1S/C15H25NO3/c1-15(8-4-10-19-15)14(18)16-9-3-6-12(16)11-5-2-7-13(11)17/h11-13,17H,2-10H2,1H3. The Morgan fingerprint density at radius 3 is 2.74 bits per heavy atom. The highest BCUT2D eigenvalue weighted by Gasteiger charge is 2.47. The summed E-state index contributed by atoms with van der Waals surface area (Å²) in [6.45, 7) is 3.47. The maximum Gasteiger partial charge on any atom is 0.254 e. The number of carbonyl (C=O) groups excluding carboxylic acids is 1. The van der Waals surface area contributed by atoms with Crippen LogP contribution in [0.5, 0.6) is 0 Å². The Labute approximate surface area is 115 Å². The maximum absolute atomic E-state index is 12.8. The summed E-state index contributed by atoms with van der Waals surface area (Å²) in [6.07, 6.45) is 6.77. The van der Waals surface area contributed by atoms with E-state index in [1.807, 2.05) is 11.8 Å². The van der Waals surface area contributed by atoms with E-state index in [2.05, 4.69) is 0 Å². The van der Waals surface area contributed by atoms with Crippen LogP contribution in [0.4, 0.5) is 0 Å². The van der Waals surface area contributed by atoms with E-state index in [4.69, 9.17) is 4.74 Å². The summed E-state index contributed by atoms with van der Waals surface area (Å²) < 4.78 is 5.70. The van der Waals surface area contributed by atoms with E-state index in [9.17, 15) is 9.90 Å². The Balaban J connectivity index is 1.74. The van der Waals surface area contributed by atoms with Gasteiger partial charge < -0.3 is 14.7 Å². The van der Waals surface area contributed by atoms with Gasteiger partial charge in [0.05, 0.1) is 6.10 Å². The minimum atomic E-state index is -0.605. The minimum absolute atomic E-state index is 0.159. The van der Waals surface area contributed by atoms with Gasteiger partial charge in [-0.2, -0.15) is 0 Å². The molecule has 4 unspecified atom stereocenters. The first-order chi connectivity index (χ1) is 9.12. The van der Waals surface area contributed by atoms with Crippen molar-refractivity contribution in [2.75, 3.05) is 13.2 Å². The Morgan fingerprint density at radius 2 is 2.11 bits per heavy atom. The highest BCUT2D eigenvalue weighted by atomic mass is 16.5. The quantitative estimate of drug-likeness (QED) is 0.828. The molecule has 1 N–H and O–H groups in total. The first-order valence-electron chi connectivity index (χ1n) is 7.75. The molecule has 19 heavy (non-hydrogen) atoms. The highest BCUT2D eigenvalue weighted by molar-refractivity contribution is 5.85. The zero-order valence-corrected chi connectivity index (χ0v) is 11.8. The number of ether oxygens (including phenoxy) is 1. The summed E-state index contributed by atoms with van der Waals surface area (Å²) in [6, 6.07) is 0.242. The average molecular weight is 267 g/mol. The third kappa shape index (κ3) is 2.29. The molecule has 2 saturated heterocycles. The van der Waals surface area contributed by atoms with Crippen LogP contribution in [0.3, 0.4) is 0 Å². The summed E-state index contributed by atoms with van der Waals surface area (Å²) in [4.78, 5) is 14.8. The highest BCUT2D eigenvalue weighted by Crippen LogP contribution is 2.38. The molecular weight excluding hydrogens is 242 g/mol. The molecule has 4 atom stereocenters. The van der Waals surface area contributed by atoms with E-state index in [1.54, 1.807) is 0 Å². The van der Waals surface area contributed by atoms with Crippen molar-refractivity contribution in [2.45, 2.75) is 69.6 Å². The van der Waals surface area contributed by atoms with Gasteiger partial charge in [0.2, 0.25) is 0 Å². The molecule has 3 aliphatic rings. The Hall–Kier alpha value is -0.610. The molecule has 0 radical (unpaired) electrons. The van der Waals surface area contributed by atoms with Crippen molar-refractivity contribution >= 4 is 5.91 Å². The van der Waals surface area contributed by atoms with Crippen LogP contribution in [0, 0.1) is 5.92 Å². The summed E-state index contributed by atoms with van der Waals surface area (Å²) in [5.74, 6) is 0.447. The number of aliphatic hydroxyl groups is 1. The number of rotatable bonds is 2. The van der Waals surface area contributed by atoms with Crippen molar-refractivity contribution in [1.29, 1.82) is 0 Å². The number of hydrogen-bond acceptors (Lipinski definition) is 3. The fourth-order valence-corrected chi connectivity index (χ4v) is 4.16. The third-order valence-corrected chi connectivity index (χ3v) is 5.26. The molecule has 1 aliphatic carbocycles. The number of carbonyl (C=O) groups is 1. The molecule has 1 saturated carbocycles. The van der Waals surface area contributed by atoms with Gasteiger partial charge in [-0.1, -0.05) is 6.42 Å². The molecule has 0 aromatic heterocycles. The number of likely N-dealkylation sites (tertiary alicyclic amines) is 1. The summed E-state index contributed by atoms with van der Waals surface area (Å²) in [7, 11) is 0. The molecule has 0 bridgehead atoms. The van der Waals surface area contributed by atoms with Gasteiger partial charge in [-0.25, -0.2) is 0 Å². The molecule has 0 aromatic carbocycles. The van der Waals surface area contributed by atoms with Crippen molar-refractivity contribution in [2.24, 2.45) is 5.92 Å². The van der Waals surface area contributed by atoms with Crippen LogP contribution in [0.15, 0.2) is 0 Å². The topological polar surface area (TPSA) is 49.8 Å². The van der Waals surface area contributed by atoms with Gasteiger partial charge in [-0.05, 0) is 45.4 Å². The first-order valence-corrected chi connectivity index (χ1v) is 7.75. The smallest absolute Gasteiger partial charge is 0.254 e. The number of hydrogen-bond donors (Lipinski definition) is 1. The van der Waals surface area contributed by atoms with Crippen molar-refractivity contribution in [3.8, 4) is 0 Å². The first kappa shape index (κ1) is 13.4. The zero-order chi connectivity index (χ0) is 13.5. The van der Waals surface area contributed by atoms with Gasteiger partial charge >= 0.3 is 0 Å². The molecule has 0 spiro atoms. The van der Waals surface area contributed by atoms with Gasteiger partial charge in [0.15, 0.2) is 0 Å². The second-order valence-electron chi connectivity index (χ2n) is 6.55. The fraction of sp³-hybridized carbons (Fsp3) is 0.933. The number of amides is 1. The summed E-state index contributed by atoms with van der Waals surface area (Å²) in [5.41, 5.74) is -0.605. The predicted octanol–water partition coefficient (Wildman–Crippen LogP) is 1.71. The molecule has 2 aliphatic heterocycles. The van der Waals surface area contributed by atoms with Crippen LogP contribution in [0.1, 0.15) is 51.9 Å². The second-order valence-corrected chi connectivity index (χ2v) is 6.55. The molecule has 0 aromatic rings. The van der Waals surface area contributed by atoms with Gasteiger partial charge in [0.1, 0.15) is 5.60 Å². The van der Waals surface area contributed by atoms with Gasteiger partial charge in [-0.15, -0.1) is 0 Å². The SMILES string of the molecule is CC1(C(=O)N2CCCC2C2CCCC2O)CCCO1. The number of nitrogens with zero attached hydrogens (tertiary/aromatic N) is 1. The van der Waals surface area contributed by atoms with Crippen molar-refractivity contribution in [1.82, 2.24) is 4.90 Å². The van der Waals surface area contributed by atoms with Crippen LogP contribution >= 0.6 is 0 Å². The fourth-order valence-electron chi connectivity index (χ4n) is 4.16. The largest absolute Gasteiger partial charge is 0.393 e. The lowest BCUT2D eigenvalue weighted by molar-refractivity contribution is -0.153. The zero-order valence-electron chi connectivity index (χ0n) is 11.8. The van der Waals surface area contributed by atoms with Crippen molar-refractivity contribution < 1.29 is 14.6 Å². The Bertz CT molecular complexity index is 351. The molecule has 3 fully saturated rings. The van der Waals surface area contributed by atoms with Gasteiger partial charge in [0, 0.05) is 25.1 Å². The average Bonchev–Trinajstić information content (AvgIpc) is 3.08. The molecule has 1 amide bonds. The molecule has 4 heteroatoms. The van der Waals surface area contributed by atoms with E-state index in [0.717, 1.165) is 51.5 Å². The second kappa shape index (κ2) is 5.06. The summed E-state index contributed by atoms with van der Waals surface area (Å²) >= 11 is 0. The normalized spacial score (nSPS) is 43.1. The Morgan fingerprint density at radius 1 is 1.26 bits per heavy atom. The van der Waals surface area contributed by atoms with E-state index >= 15 is 0 Å². The van der Waals surface area contributed by atoms with Crippen LogP contribution in [-0.2, 0) is 9.53 Å². The van der Waals surface area contributed by atoms with Crippen molar-refractivity contribution in [3.63, 3.8) is 0 Å². The van der Waals surface area contributed by atoms with E-state index in [-0.39, 0.29) is 24.0 Å². The lowest BCUT2D eigenvalue weighted by atomic mass is 9.92. The van der Waals surface area contributed by atoms with Crippen LogP contribution in [-0.4, -0.2) is 46.8 Å². The predicted molar refractivity (Wildman–Crippen MR) is 71.7 cm³/mol. The summed E-state index contributed by atoms with van der Waals surface area (Å²) in [5, 5.41) is 10.1. The van der Waals surface area contributed by atoms with Crippen LogP contribution < -0.4 is 0 Å². The molecule has 4 nitrogen and oxygen atoms in total. The Kier molecular flexibility index (Phi) is 3.56. The lowest BCUT2D eigenvalue weighted by Gasteiger charge is -2.36. The maximum atomic E-state index is 12.8. The van der Waals surface area contributed by atoms with Gasteiger partial charge in [-0.3, -0.25) is 4.79 Å². The molecular formula is C15H25NO3. The van der Waals surface area contributed by atoms with E-state index in [1.165, 1.54) is 0 Å². The van der Waals surface area contributed by atoms with Crippen molar-refractivity contribution in [3.05, 3.63) is 0 Å². The van der Waals surface area contributed by atoms with E-state index in [0.29, 0.717) is 6.61 Å². The molecule has 108 valence electrons. The van der Waals surface area contributed by atoms with Crippen LogP contribution in [0.2, 0.25) is 0 Å². The molecule has 3 rings (SSSR count).